The van der Waals surface area contributed by atoms with E-state index in [1.807, 2.05) is 12.1 Å². The highest BCUT2D eigenvalue weighted by molar-refractivity contribution is 9.10. The van der Waals surface area contributed by atoms with Crippen LogP contribution in [0.4, 0.5) is 10.1 Å². The summed E-state index contributed by atoms with van der Waals surface area (Å²) in [6.45, 7) is 0.293. The maximum atomic E-state index is 13.2. The van der Waals surface area contributed by atoms with Gasteiger partial charge in [-0.05, 0) is 34.1 Å². The topological polar surface area (TPSA) is 35.2 Å². The van der Waals surface area contributed by atoms with Crippen LogP contribution in [0.25, 0.3) is 0 Å². The fraction of sp³-hybridized carbons (Fsp3) is 0.0769. The Morgan fingerprint density at radius 1 is 1.18 bits per heavy atom. The molecule has 4 heteroatoms. The Bertz CT molecular complexity index is 531. The first-order chi connectivity index (χ1) is 8.16. The molecule has 0 aliphatic rings. The highest BCUT2D eigenvalue weighted by Crippen LogP contribution is 2.22. The zero-order chi connectivity index (χ0) is 12.3. The molecule has 0 aliphatic carbocycles. The lowest BCUT2D eigenvalue weighted by atomic mass is 10.2. The van der Waals surface area contributed by atoms with Gasteiger partial charge in [-0.15, -0.1) is 0 Å². The number of rotatable bonds is 3. The Morgan fingerprint density at radius 2 is 1.94 bits per heavy atom. The van der Waals surface area contributed by atoms with Gasteiger partial charge in [-0.25, -0.2) is 4.39 Å². The van der Waals surface area contributed by atoms with E-state index in [0.29, 0.717) is 22.5 Å². The van der Waals surface area contributed by atoms with E-state index in [0.717, 1.165) is 5.56 Å². The summed E-state index contributed by atoms with van der Waals surface area (Å²) in [4.78, 5) is 0. The summed E-state index contributed by atoms with van der Waals surface area (Å²) >= 11 is 3.19. The van der Waals surface area contributed by atoms with Gasteiger partial charge >= 0.3 is 0 Å². The molecule has 0 bridgehead atoms. The maximum absolute atomic E-state index is 13.2. The van der Waals surface area contributed by atoms with Crippen molar-refractivity contribution in [3.63, 3.8) is 0 Å². The van der Waals surface area contributed by atoms with E-state index in [4.69, 9.17) is 10.5 Å². The van der Waals surface area contributed by atoms with E-state index in [-0.39, 0.29) is 5.82 Å². The molecular weight excluding hydrogens is 285 g/mol. The molecule has 2 nitrogen and oxygen atoms in total. The molecule has 0 amide bonds. The van der Waals surface area contributed by atoms with E-state index in [1.165, 1.54) is 6.07 Å². The Hall–Kier alpha value is -1.55. The number of anilines is 1. The third-order valence-electron chi connectivity index (χ3n) is 2.28. The van der Waals surface area contributed by atoms with Crippen LogP contribution in [0.15, 0.2) is 46.9 Å². The fourth-order valence-corrected chi connectivity index (χ4v) is 1.80. The SMILES string of the molecule is Nc1cccc(OCc2cccc(F)c2Br)c1. The van der Waals surface area contributed by atoms with Gasteiger partial charge in [-0.2, -0.15) is 0 Å². The molecular formula is C13H11BrFNO. The average Bonchev–Trinajstić information content (AvgIpc) is 2.31. The summed E-state index contributed by atoms with van der Waals surface area (Å²) in [5.41, 5.74) is 7.03. The van der Waals surface area contributed by atoms with Crippen LogP contribution >= 0.6 is 15.9 Å². The van der Waals surface area contributed by atoms with E-state index in [9.17, 15) is 4.39 Å². The summed E-state index contributed by atoms with van der Waals surface area (Å²) in [7, 11) is 0. The molecule has 0 saturated carbocycles. The molecule has 0 fully saturated rings. The van der Waals surface area contributed by atoms with Crippen molar-refractivity contribution in [3.8, 4) is 5.75 Å². The third-order valence-corrected chi connectivity index (χ3v) is 3.17. The summed E-state index contributed by atoms with van der Waals surface area (Å²) < 4.78 is 19.2. The molecule has 2 N–H and O–H groups in total. The van der Waals surface area contributed by atoms with Crippen molar-refractivity contribution in [2.45, 2.75) is 6.61 Å². The molecule has 2 aromatic carbocycles. The zero-order valence-corrected chi connectivity index (χ0v) is 10.6. The Balaban J connectivity index is 2.10. The van der Waals surface area contributed by atoms with Crippen molar-refractivity contribution in [1.82, 2.24) is 0 Å². The van der Waals surface area contributed by atoms with E-state index < -0.39 is 0 Å². The van der Waals surface area contributed by atoms with Gasteiger partial charge in [0.25, 0.3) is 0 Å². The van der Waals surface area contributed by atoms with Crippen LogP contribution in [0, 0.1) is 5.82 Å². The van der Waals surface area contributed by atoms with Crippen LogP contribution in [-0.4, -0.2) is 0 Å². The van der Waals surface area contributed by atoms with Gasteiger partial charge in [0.15, 0.2) is 0 Å². The van der Waals surface area contributed by atoms with E-state index in [1.54, 1.807) is 24.3 Å². The monoisotopic (exact) mass is 295 g/mol. The standard InChI is InChI=1S/C13H11BrFNO/c14-13-9(3-1-6-12(13)15)8-17-11-5-2-4-10(16)7-11/h1-7H,8,16H2. The molecule has 0 heterocycles. The van der Waals surface area contributed by atoms with Gasteiger partial charge in [0.1, 0.15) is 18.2 Å². The molecule has 0 atom stereocenters. The maximum Gasteiger partial charge on any atom is 0.137 e. The quantitative estimate of drug-likeness (QED) is 0.875. The largest absolute Gasteiger partial charge is 0.489 e. The lowest BCUT2D eigenvalue weighted by Gasteiger charge is -2.08. The van der Waals surface area contributed by atoms with Crippen LogP contribution in [0.1, 0.15) is 5.56 Å². The minimum absolute atomic E-state index is 0.293. The summed E-state index contributed by atoms with van der Waals surface area (Å²) in [5.74, 6) is 0.375. The average molecular weight is 296 g/mol. The first kappa shape index (κ1) is 11.9. The molecule has 2 aromatic rings. The highest BCUT2D eigenvalue weighted by Gasteiger charge is 2.05. The second-order valence-corrected chi connectivity index (χ2v) is 4.37. The minimum Gasteiger partial charge on any atom is -0.489 e. The van der Waals surface area contributed by atoms with Gasteiger partial charge in [-0.1, -0.05) is 18.2 Å². The predicted molar refractivity (Wildman–Crippen MR) is 69.3 cm³/mol. The van der Waals surface area contributed by atoms with Crippen LogP contribution in [0.5, 0.6) is 5.75 Å². The van der Waals surface area contributed by atoms with Crippen LogP contribution in [0.3, 0.4) is 0 Å². The lowest BCUT2D eigenvalue weighted by molar-refractivity contribution is 0.305. The normalized spacial score (nSPS) is 10.2. The number of hydrogen-bond donors (Lipinski definition) is 1. The smallest absolute Gasteiger partial charge is 0.137 e. The van der Waals surface area contributed by atoms with E-state index >= 15 is 0 Å². The predicted octanol–water partition coefficient (Wildman–Crippen LogP) is 3.75. The number of nitrogens with two attached hydrogens (primary N) is 1. The molecule has 0 aliphatic heterocycles. The number of hydrogen-bond acceptors (Lipinski definition) is 2. The number of ether oxygens (including phenoxy) is 1. The summed E-state index contributed by atoms with van der Waals surface area (Å²) in [5, 5.41) is 0. The summed E-state index contributed by atoms with van der Waals surface area (Å²) in [6.07, 6.45) is 0. The minimum atomic E-state index is -0.293. The first-order valence-corrected chi connectivity index (χ1v) is 5.87. The fourth-order valence-electron chi connectivity index (χ4n) is 1.43. The molecule has 0 saturated heterocycles. The molecule has 2 rings (SSSR count). The number of benzene rings is 2. The van der Waals surface area contributed by atoms with Crippen molar-refractivity contribution in [1.29, 1.82) is 0 Å². The number of halogens is 2. The van der Waals surface area contributed by atoms with Crippen molar-refractivity contribution >= 4 is 21.6 Å². The lowest BCUT2D eigenvalue weighted by Crippen LogP contribution is -1.98. The van der Waals surface area contributed by atoms with Crippen LogP contribution in [0.2, 0.25) is 0 Å². The summed E-state index contributed by atoms with van der Waals surface area (Å²) in [6, 6.07) is 12.0. The number of nitrogen functional groups attached to an aromatic ring is 1. The molecule has 17 heavy (non-hydrogen) atoms. The van der Waals surface area contributed by atoms with Crippen molar-refractivity contribution in [2.24, 2.45) is 0 Å². The molecule has 0 radical (unpaired) electrons. The third kappa shape index (κ3) is 2.97. The van der Waals surface area contributed by atoms with Gasteiger partial charge in [0, 0.05) is 17.3 Å². The molecule has 88 valence electrons. The van der Waals surface area contributed by atoms with Crippen LogP contribution in [-0.2, 0) is 6.61 Å². The van der Waals surface area contributed by atoms with Gasteiger partial charge in [-0.3, -0.25) is 0 Å². The van der Waals surface area contributed by atoms with Crippen molar-refractivity contribution in [3.05, 3.63) is 58.3 Å². The van der Waals surface area contributed by atoms with E-state index in [2.05, 4.69) is 15.9 Å². The van der Waals surface area contributed by atoms with Crippen molar-refractivity contribution in [2.75, 3.05) is 5.73 Å². The molecule has 0 unspecified atom stereocenters. The Morgan fingerprint density at radius 3 is 2.71 bits per heavy atom. The van der Waals surface area contributed by atoms with Crippen molar-refractivity contribution < 1.29 is 9.13 Å². The van der Waals surface area contributed by atoms with Gasteiger partial charge in [0.05, 0.1) is 4.47 Å². The highest BCUT2D eigenvalue weighted by atomic mass is 79.9. The second kappa shape index (κ2) is 5.19. The molecule has 0 aromatic heterocycles. The second-order valence-electron chi connectivity index (χ2n) is 3.57. The van der Waals surface area contributed by atoms with Crippen LogP contribution < -0.4 is 10.5 Å². The van der Waals surface area contributed by atoms with Gasteiger partial charge < -0.3 is 10.5 Å². The Kier molecular flexibility index (Phi) is 3.64. The zero-order valence-electron chi connectivity index (χ0n) is 8.99. The Labute approximate surface area is 107 Å². The first-order valence-electron chi connectivity index (χ1n) is 5.08. The molecule has 0 spiro atoms. The van der Waals surface area contributed by atoms with Gasteiger partial charge in [0.2, 0.25) is 0 Å².